The van der Waals surface area contributed by atoms with Gasteiger partial charge < -0.3 is 9.73 Å². The molecule has 1 unspecified atom stereocenters. The van der Waals surface area contributed by atoms with Crippen LogP contribution in [0.25, 0.3) is 0 Å². The topological polar surface area (TPSA) is 25.2 Å². The smallest absolute Gasteiger partial charge is 0.111 e. The third-order valence-electron chi connectivity index (χ3n) is 2.60. The lowest BCUT2D eigenvalue weighted by Crippen LogP contribution is -2.20. The van der Waals surface area contributed by atoms with Gasteiger partial charge in [0.05, 0.1) is 6.26 Å². The van der Waals surface area contributed by atoms with E-state index in [1.54, 1.807) is 0 Å². The van der Waals surface area contributed by atoms with Gasteiger partial charge in [-0.15, -0.1) is 0 Å². The fourth-order valence-corrected chi connectivity index (χ4v) is 2.02. The van der Waals surface area contributed by atoms with Crippen LogP contribution in [0.3, 0.4) is 0 Å². The molecule has 0 spiro atoms. The van der Waals surface area contributed by atoms with E-state index in [9.17, 15) is 0 Å². The summed E-state index contributed by atoms with van der Waals surface area (Å²) in [7, 11) is 2.00. The summed E-state index contributed by atoms with van der Waals surface area (Å²) < 4.78 is 5.48. The van der Waals surface area contributed by atoms with Crippen LogP contribution in [0.5, 0.6) is 0 Å². The van der Waals surface area contributed by atoms with E-state index in [-0.39, 0.29) is 0 Å². The molecule has 1 aliphatic carbocycles. The van der Waals surface area contributed by atoms with Crippen molar-refractivity contribution >= 4 is 0 Å². The van der Waals surface area contributed by atoms with Gasteiger partial charge in [0.1, 0.15) is 5.76 Å². The van der Waals surface area contributed by atoms with Crippen molar-refractivity contribution in [2.45, 2.75) is 25.2 Å². The summed E-state index contributed by atoms with van der Waals surface area (Å²) in [5, 5.41) is 3.21. The van der Waals surface area contributed by atoms with Crippen LogP contribution < -0.4 is 5.32 Å². The second-order valence-corrected chi connectivity index (χ2v) is 3.46. The summed E-state index contributed by atoms with van der Waals surface area (Å²) >= 11 is 0. The minimum atomic E-state index is 0.605. The first kappa shape index (κ1) is 7.87. The second kappa shape index (κ2) is 3.31. The molecule has 1 atom stereocenters. The molecular weight excluding hydrogens is 150 g/mol. The summed E-state index contributed by atoms with van der Waals surface area (Å²) in [6.07, 6.45) is 5.59. The van der Waals surface area contributed by atoms with Gasteiger partial charge in [0.25, 0.3) is 0 Å². The highest BCUT2D eigenvalue weighted by Crippen LogP contribution is 2.31. The van der Waals surface area contributed by atoms with Crippen LogP contribution in [0, 0.1) is 0 Å². The van der Waals surface area contributed by atoms with E-state index < -0.39 is 0 Å². The van der Waals surface area contributed by atoms with Gasteiger partial charge in [0.2, 0.25) is 0 Å². The lowest BCUT2D eigenvalue weighted by atomic mass is 9.89. The maximum absolute atomic E-state index is 5.48. The predicted molar refractivity (Wildman–Crippen MR) is 48.3 cm³/mol. The molecule has 1 aromatic heterocycles. The molecule has 0 radical (unpaired) electrons. The molecular formula is C10H15NO. The van der Waals surface area contributed by atoms with Crippen molar-refractivity contribution in [1.29, 1.82) is 0 Å². The normalized spacial score (nSPS) is 22.2. The molecule has 0 amide bonds. The van der Waals surface area contributed by atoms with Gasteiger partial charge in [-0.1, -0.05) is 0 Å². The summed E-state index contributed by atoms with van der Waals surface area (Å²) in [5.74, 6) is 1.82. The minimum Gasteiger partial charge on any atom is -0.469 e. The fraction of sp³-hybridized carbons (Fsp3) is 0.600. The zero-order valence-corrected chi connectivity index (χ0v) is 7.47. The number of hydrogen-bond acceptors (Lipinski definition) is 2. The second-order valence-electron chi connectivity index (χ2n) is 3.46. The van der Waals surface area contributed by atoms with Crippen molar-refractivity contribution in [1.82, 2.24) is 5.32 Å². The molecule has 2 heteroatoms. The minimum absolute atomic E-state index is 0.605. The van der Waals surface area contributed by atoms with Crippen LogP contribution in [0.15, 0.2) is 16.7 Å². The predicted octanol–water partition coefficient (Wildman–Crippen LogP) is 1.92. The van der Waals surface area contributed by atoms with Gasteiger partial charge in [-0.25, -0.2) is 0 Å². The lowest BCUT2D eigenvalue weighted by Gasteiger charge is -2.20. The Morgan fingerprint density at radius 1 is 1.67 bits per heavy atom. The highest BCUT2D eigenvalue weighted by molar-refractivity contribution is 5.23. The molecule has 1 heterocycles. The SMILES string of the molecule is CNCC1CCCc2ccoc21. The lowest BCUT2D eigenvalue weighted by molar-refractivity contribution is 0.408. The first-order chi connectivity index (χ1) is 5.92. The molecule has 0 fully saturated rings. The van der Waals surface area contributed by atoms with Crippen molar-refractivity contribution in [2.24, 2.45) is 0 Å². The molecule has 1 aromatic rings. The number of rotatable bonds is 2. The van der Waals surface area contributed by atoms with Crippen molar-refractivity contribution in [3.63, 3.8) is 0 Å². The van der Waals surface area contributed by atoms with Crippen LogP contribution >= 0.6 is 0 Å². The number of likely N-dealkylation sites (N-methyl/N-ethyl adjacent to an activating group) is 1. The van der Waals surface area contributed by atoms with E-state index in [2.05, 4.69) is 11.4 Å². The number of furan rings is 1. The molecule has 0 aliphatic heterocycles. The van der Waals surface area contributed by atoms with Gasteiger partial charge in [0, 0.05) is 12.5 Å². The van der Waals surface area contributed by atoms with Crippen molar-refractivity contribution in [2.75, 3.05) is 13.6 Å². The molecule has 0 saturated heterocycles. The largest absolute Gasteiger partial charge is 0.469 e. The van der Waals surface area contributed by atoms with Crippen LogP contribution in [0.1, 0.15) is 30.1 Å². The molecule has 0 bridgehead atoms. The molecule has 0 aromatic carbocycles. The van der Waals surface area contributed by atoms with Gasteiger partial charge in [0.15, 0.2) is 0 Å². The van der Waals surface area contributed by atoms with Crippen molar-refractivity contribution in [3.05, 3.63) is 23.7 Å². The molecule has 12 heavy (non-hydrogen) atoms. The fourth-order valence-electron chi connectivity index (χ4n) is 2.02. The highest BCUT2D eigenvalue weighted by Gasteiger charge is 2.22. The van der Waals surface area contributed by atoms with E-state index >= 15 is 0 Å². The molecule has 2 nitrogen and oxygen atoms in total. The Morgan fingerprint density at radius 2 is 2.58 bits per heavy atom. The van der Waals surface area contributed by atoms with Crippen LogP contribution in [0.4, 0.5) is 0 Å². The van der Waals surface area contributed by atoms with Gasteiger partial charge in [-0.05, 0) is 37.9 Å². The molecule has 1 aliphatic rings. The number of aryl methyl sites for hydroxylation is 1. The Bertz CT molecular complexity index is 254. The maximum atomic E-state index is 5.48. The third kappa shape index (κ3) is 1.27. The summed E-state index contributed by atoms with van der Waals surface area (Å²) in [5.41, 5.74) is 1.42. The highest BCUT2D eigenvalue weighted by atomic mass is 16.3. The quantitative estimate of drug-likeness (QED) is 0.724. The average molecular weight is 165 g/mol. The Kier molecular flexibility index (Phi) is 2.17. The van der Waals surface area contributed by atoms with Gasteiger partial charge >= 0.3 is 0 Å². The number of fused-ring (bicyclic) bond motifs is 1. The third-order valence-corrected chi connectivity index (χ3v) is 2.60. The monoisotopic (exact) mass is 165 g/mol. The Labute approximate surface area is 73.0 Å². The van der Waals surface area contributed by atoms with E-state index in [1.165, 1.54) is 30.6 Å². The van der Waals surface area contributed by atoms with Crippen LogP contribution in [0.2, 0.25) is 0 Å². The average Bonchev–Trinajstić information content (AvgIpc) is 2.53. The first-order valence-corrected chi connectivity index (χ1v) is 4.62. The van der Waals surface area contributed by atoms with Crippen LogP contribution in [-0.2, 0) is 6.42 Å². The number of nitrogens with one attached hydrogen (secondary N) is 1. The number of hydrogen-bond donors (Lipinski definition) is 1. The van der Waals surface area contributed by atoms with Gasteiger partial charge in [-0.2, -0.15) is 0 Å². The zero-order chi connectivity index (χ0) is 8.39. The molecule has 66 valence electrons. The molecule has 0 saturated carbocycles. The van der Waals surface area contributed by atoms with Gasteiger partial charge in [-0.3, -0.25) is 0 Å². The van der Waals surface area contributed by atoms with Crippen LogP contribution in [-0.4, -0.2) is 13.6 Å². The first-order valence-electron chi connectivity index (χ1n) is 4.62. The van der Waals surface area contributed by atoms with Crippen molar-refractivity contribution < 1.29 is 4.42 Å². The maximum Gasteiger partial charge on any atom is 0.111 e. The van der Waals surface area contributed by atoms with E-state index in [0.717, 1.165) is 6.54 Å². The zero-order valence-electron chi connectivity index (χ0n) is 7.47. The molecule has 1 N–H and O–H groups in total. The van der Waals surface area contributed by atoms with E-state index in [4.69, 9.17) is 4.42 Å². The summed E-state index contributed by atoms with van der Waals surface area (Å²) in [6.45, 7) is 1.04. The Balaban J connectivity index is 2.19. The summed E-state index contributed by atoms with van der Waals surface area (Å²) in [4.78, 5) is 0. The summed E-state index contributed by atoms with van der Waals surface area (Å²) in [6, 6.07) is 2.11. The Morgan fingerprint density at radius 3 is 3.42 bits per heavy atom. The standard InChI is InChI=1S/C10H15NO/c1-11-7-9-4-2-3-8-5-6-12-10(8)9/h5-6,9,11H,2-4,7H2,1H3. The molecule has 2 rings (SSSR count). The van der Waals surface area contributed by atoms with E-state index in [1.807, 2.05) is 13.3 Å². The van der Waals surface area contributed by atoms with Crippen molar-refractivity contribution in [3.8, 4) is 0 Å². The van der Waals surface area contributed by atoms with E-state index in [0.29, 0.717) is 5.92 Å². The Hall–Kier alpha value is -0.760.